The molecule has 1 aromatic rings. The van der Waals surface area contributed by atoms with Crippen LogP contribution in [-0.4, -0.2) is 24.7 Å². The van der Waals surface area contributed by atoms with Crippen molar-refractivity contribution in [2.75, 3.05) is 18.0 Å². The number of nitrogens with one attached hydrogen (secondary N) is 1. The minimum atomic E-state index is 0.000115. The molecule has 0 saturated carbocycles. The molecule has 1 unspecified atom stereocenters. The maximum absolute atomic E-state index is 8.84. The lowest BCUT2D eigenvalue weighted by Crippen LogP contribution is -2.62. The van der Waals surface area contributed by atoms with Crippen molar-refractivity contribution < 1.29 is 0 Å². The van der Waals surface area contributed by atoms with E-state index in [4.69, 9.17) is 10.5 Å². The second kappa shape index (κ2) is 5.30. The van der Waals surface area contributed by atoms with Crippen LogP contribution in [0, 0.1) is 22.7 Å². The highest BCUT2D eigenvalue weighted by atomic mass is 15.3. The maximum Gasteiger partial charge on any atom is 0.0991 e. The van der Waals surface area contributed by atoms with E-state index < -0.39 is 0 Å². The normalized spacial score (nSPS) is 21.5. The number of benzene rings is 1. The standard InChI is InChI=1S/C15H18N4/c1-15(2)11-18-13(7-8-16)10-19(15)14-5-3-12(9-17)4-6-14/h3-6,13,18H,7,10-11H2,1-2H3. The van der Waals surface area contributed by atoms with Gasteiger partial charge in [0.1, 0.15) is 0 Å². The van der Waals surface area contributed by atoms with Crippen molar-refractivity contribution in [3.05, 3.63) is 29.8 Å². The van der Waals surface area contributed by atoms with Crippen molar-refractivity contribution in [1.82, 2.24) is 5.32 Å². The summed E-state index contributed by atoms with van der Waals surface area (Å²) in [4.78, 5) is 2.31. The zero-order valence-corrected chi connectivity index (χ0v) is 11.3. The van der Waals surface area contributed by atoms with Gasteiger partial charge in [-0.3, -0.25) is 0 Å². The molecule has 1 aromatic carbocycles. The largest absolute Gasteiger partial charge is 0.364 e. The zero-order valence-electron chi connectivity index (χ0n) is 11.3. The Morgan fingerprint density at radius 1 is 1.32 bits per heavy atom. The summed E-state index contributed by atoms with van der Waals surface area (Å²) in [6.07, 6.45) is 0.517. The zero-order chi connectivity index (χ0) is 13.9. The fraction of sp³-hybridized carbons (Fsp3) is 0.467. The van der Waals surface area contributed by atoms with Gasteiger partial charge in [0, 0.05) is 30.4 Å². The molecule has 0 aliphatic carbocycles. The Bertz CT molecular complexity index is 519. The summed E-state index contributed by atoms with van der Waals surface area (Å²) in [6.45, 7) is 6.02. The van der Waals surface area contributed by atoms with E-state index >= 15 is 0 Å². The highest BCUT2D eigenvalue weighted by Crippen LogP contribution is 2.27. The van der Waals surface area contributed by atoms with E-state index in [1.165, 1.54) is 0 Å². The highest BCUT2D eigenvalue weighted by molar-refractivity contribution is 5.52. The fourth-order valence-electron chi connectivity index (χ4n) is 2.44. The molecule has 0 radical (unpaired) electrons. The number of nitriles is 2. The van der Waals surface area contributed by atoms with Crippen LogP contribution in [0.5, 0.6) is 0 Å². The van der Waals surface area contributed by atoms with E-state index in [1.54, 1.807) is 0 Å². The molecule has 1 heterocycles. The number of rotatable bonds is 2. The van der Waals surface area contributed by atoms with Crippen LogP contribution >= 0.6 is 0 Å². The summed E-state index contributed by atoms with van der Waals surface area (Å²) < 4.78 is 0. The smallest absolute Gasteiger partial charge is 0.0991 e. The van der Waals surface area contributed by atoms with Gasteiger partial charge in [0.15, 0.2) is 0 Å². The molecule has 19 heavy (non-hydrogen) atoms. The lowest BCUT2D eigenvalue weighted by Gasteiger charge is -2.47. The quantitative estimate of drug-likeness (QED) is 0.877. The Morgan fingerprint density at radius 2 is 2.00 bits per heavy atom. The highest BCUT2D eigenvalue weighted by Gasteiger charge is 2.33. The number of piperazine rings is 1. The summed E-state index contributed by atoms with van der Waals surface area (Å²) in [5.74, 6) is 0. The van der Waals surface area contributed by atoms with Crippen LogP contribution in [0.15, 0.2) is 24.3 Å². The third kappa shape index (κ3) is 2.86. The van der Waals surface area contributed by atoms with Gasteiger partial charge < -0.3 is 10.2 Å². The van der Waals surface area contributed by atoms with Crippen molar-refractivity contribution in [3.63, 3.8) is 0 Å². The molecule has 1 atom stereocenters. The van der Waals surface area contributed by atoms with Crippen LogP contribution in [0.4, 0.5) is 5.69 Å². The van der Waals surface area contributed by atoms with E-state index in [0.717, 1.165) is 18.8 Å². The summed E-state index contributed by atoms with van der Waals surface area (Å²) in [5, 5.41) is 21.1. The molecule has 0 spiro atoms. The van der Waals surface area contributed by atoms with Crippen LogP contribution < -0.4 is 10.2 Å². The van der Waals surface area contributed by atoms with Gasteiger partial charge in [-0.1, -0.05) is 0 Å². The lowest BCUT2D eigenvalue weighted by atomic mass is 9.95. The van der Waals surface area contributed by atoms with Crippen LogP contribution in [0.25, 0.3) is 0 Å². The number of hydrogen-bond donors (Lipinski definition) is 1. The first-order valence-electron chi connectivity index (χ1n) is 6.45. The van der Waals surface area contributed by atoms with E-state index in [0.29, 0.717) is 12.0 Å². The average Bonchev–Trinajstić information content (AvgIpc) is 2.41. The molecule has 1 aliphatic heterocycles. The van der Waals surface area contributed by atoms with Gasteiger partial charge in [-0.25, -0.2) is 0 Å². The molecule has 4 heteroatoms. The molecule has 1 saturated heterocycles. The second-order valence-corrected chi connectivity index (χ2v) is 5.52. The van der Waals surface area contributed by atoms with Gasteiger partial charge in [0.2, 0.25) is 0 Å². The predicted molar refractivity (Wildman–Crippen MR) is 74.6 cm³/mol. The van der Waals surface area contributed by atoms with Crippen molar-refractivity contribution in [1.29, 1.82) is 10.5 Å². The second-order valence-electron chi connectivity index (χ2n) is 5.52. The van der Waals surface area contributed by atoms with Crippen molar-refractivity contribution in [3.8, 4) is 12.1 Å². The monoisotopic (exact) mass is 254 g/mol. The third-order valence-corrected chi connectivity index (χ3v) is 3.60. The Hall–Kier alpha value is -2.04. The van der Waals surface area contributed by atoms with Gasteiger partial charge >= 0.3 is 0 Å². The van der Waals surface area contributed by atoms with Gasteiger partial charge in [0.25, 0.3) is 0 Å². The van der Waals surface area contributed by atoms with E-state index in [9.17, 15) is 0 Å². The molecule has 0 aromatic heterocycles. The number of nitrogens with zero attached hydrogens (tertiary/aromatic N) is 3. The first-order valence-corrected chi connectivity index (χ1v) is 6.45. The van der Waals surface area contributed by atoms with Crippen LogP contribution in [0.3, 0.4) is 0 Å². The molecule has 1 aliphatic rings. The summed E-state index contributed by atoms with van der Waals surface area (Å²) in [6, 6.07) is 12.2. The van der Waals surface area contributed by atoms with Gasteiger partial charge in [0.05, 0.1) is 24.1 Å². The van der Waals surface area contributed by atoms with Crippen molar-refractivity contribution in [2.45, 2.75) is 31.8 Å². The molecule has 1 fully saturated rings. The van der Waals surface area contributed by atoms with Gasteiger partial charge in [-0.05, 0) is 38.1 Å². The van der Waals surface area contributed by atoms with Crippen molar-refractivity contribution >= 4 is 5.69 Å². The van der Waals surface area contributed by atoms with Crippen LogP contribution in [0.2, 0.25) is 0 Å². The molecule has 2 rings (SSSR count). The first-order chi connectivity index (χ1) is 9.06. The predicted octanol–water partition coefficient (Wildman–Crippen LogP) is 2.03. The van der Waals surface area contributed by atoms with Gasteiger partial charge in [-0.15, -0.1) is 0 Å². The molecular formula is C15H18N4. The Kier molecular flexibility index (Phi) is 3.74. The summed E-state index contributed by atoms with van der Waals surface area (Å²) >= 11 is 0. The van der Waals surface area contributed by atoms with E-state index in [2.05, 4.69) is 36.2 Å². The minimum Gasteiger partial charge on any atom is -0.364 e. The molecule has 0 bridgehead atoms. The number of hydrogen-bond acceptors (Lipinski definition) is 4. The fourth-order valence-corrected chi connectivity index (χ4v) is 2.44. The molecule has 0 amide bonds. The number of anilines is 1. The topological polar surface area (TPSA) is 62.9 Å². The Balaban J connectivity index is 2.23. The Morgan fingerprint density at radius 3 is 2.58 bits per heavy atom. The van der Waals surface area contributed by atoms with Gasteiger partial charge in [-0.2, -0.15) is 10.5 Å². The molecular weight excluding hydrogens is 236 g/mol. The minimum absolute atomic E-state index is 0.000115. The first kappa shape index (κ1) is 13.4. The molecule has 4 nitrogen and oxygen atoms in total. The maximum atomic E-state index is 8.84. The average molecular weight is 254 g/mol. The molecule has 1 N–H and O–H groups in total. The molecule has 98 valence electrons. The van der Waals surface area contributed by atoms with E-state index in [-0.39, 0.29) is 11.6 Å². The SMILES string of the molecule is CC1(C)CNC(CC#N)CN1c1ccc(C#N)cc1. The van der Waals surface area contributed by atoms with Crippen molar-refractivity contribution in [2.24, 2.45) is 0 Å². The summed E-state index contributed by atoms with van der Waals surface area (Å²) in [7, 11) is 0. The van der Waals surface area contributed by atoms with E-state index in [1.807, 2.05) is 24.3 Å². The van der Waals surface area contributed by atoms with Crippen LogP contribution in [-0.2, 0) is 0 Å². The Labute approximate surface area is 114 Å². The lowest BCUT2D eigenvalue weighted by molar-refractivity contribution is 0.325. The van der Waals surface area contributed by atoms with Crippen LogP contribution in [0.1, 0.15) is 25.8 Å². The third-order valence-electron chi connectivity index (χ3n) is 3.60. The summed E-state index contributed by atoms with van der Waals surface area (Å²) in [5.41, 5.74) is 1.78.